The van der Waals surface area contributed by atoms with Crippen LogP contribution in [0.4, 0.5) is 0 Å². The summed E-state index contributed by atoms with van der Waals surface area (Å²) in [5.74, 6) is 3.03. The largest absolute Gasteiger partial charge is 2.00 e. The Morgan fingerprint density at radius 1 is 0.735 bits per heavy atom. The summed E-state index contributed by atoms with van der Waals surface area (Å²) in [6.45, 7) is 0. The van der Waals surface area contributed by atoms with E-state index in [4.69, 9.17) is 18.8 Å². The maximum Gasteiger partial charge on any atom is 2.00 e. The summed E-state index contributed by atoms with van der Waals surface area (Å²) in [7, 11) is 5.85. The molecule has 0 fully saturated rings. The topological polar surface area (TPSA) is 117 Å². The van der Waals surface area contributed by atoms with Crippen LogP contribution in [0.3, 0.4) is 0 Å². The van der Waals surface area contributed by atoms with Crippen molar-refractivity contribution in [1.29, 1.82) is 0 Å². The van der Waals surface area contributed by atoms with Gasteiger partial charge in [0.2, 0.25) is 6.33 Å². The van der Waals surface area contributed by atoms with Gasteiger partial charge in [-0.2, -0.15) is 0 Å². The van der Waals surface area contributed by atoms with Gasteiger partial charge in [-0.15, -0.1) is 22.7 Å². The predicted octanol–water partition coefficient (Wildman–Crippen LogP) is 5.08. The van der Waals surface area contributed by atoms with Crippen LogP contribution in [0.2, 0.25) is 0 Å². The maximum absolute atomic E-state index is 5.75. The monoisotopic (exact) mass is 1010 g/mol. The molecule has 10 aromatic rings. The van der Waals surface area contributed by atoms with Crippen molar-refractivity contribution < 1.29 is 55.5 Å². The van der Waals surface area contributed by atoms with E-state index in [1.807, 2.05) is 94.5 Å². The second kappa shape index (κ2) is 12.7. The molecule has 0 unspecified atom stereocenters. The van der Waals surface area contributed by atoms with Gasteiger partial charge in [0, 0.05) is 64.8 Å². The van der Waals surface area contributed by atoms with E-state index in [2.05, 4.69) is 39.9 Å². The zero-order valence-electron chi connectivity index (χ0n) is 26.1. The molecular weight excluding hydrogens is 983 g/mol. The third kappa shape index (κ3) is 5.23. The number of para-hydroxylation sites is 2. The van der Waals surface area contributed by atoms with Crippen molar-refractivity contribution in [1.82, 2.24) is 43.2 Å². The van der Waals surface area contributed by atoms with Crippen LogP contribution in [0, 0.1) is 18.9 Å². The number of aromatic nitrogens is 10. The Bertz CT molecular complexity index is 2700. The fourth-order valence-electron chi connectivity index (χ4n) is 6.02. The molecule has 8 aromatic heterocycles. The number of rotatable bonds is 4. The summed E-state index contributed by atoms with van der Waals surface area (Å²) >= 11 is 0. The Morgan fingerprint density at radius 2 is 1.39 bits per heavy atom. The first kappa shape index (κ1) is 32.4. The van der Waals surface area contributed by atoms with Crippen molar-refractivity contribution in [2.45, 2.75) is 0 Å². The summed E-state index contributed by atoms with van der Waals surface area (Å²) in [6.07, 6.45) is 25.1. The van der Waals surface area contributed by atoms with Crippen molar-refractivity contribution >= 4 is 43.6 Å². The first-order valence-corrected chi connectivity index (χ1v) is 14.7. The molecule has 0 saturated carbocycles. The predicted molar refractivity (Wildman–Crippen MR) is 173 cm³/mol. The first-order valence-electron chi connectivity index (χ1n) is 14.7. The van der Waals surface area contributed by atoms with E-state index in [-0.39, 0.29) is 42.1 Å². The van der Waals surface area contributed by atoms with Crippen LogP contribution in [0.1, 0.15) is 0 Å². The van der Waals surface area contributed by atoms with E-state index in [1.54, 1.807) is 35.7 Å². The minimum atomic E-state index is 0. The molecule has 14 heteroatoms. The van der Waals surface area contributed by atoms with Crippen LogP contribution in [0.15, 0.2) is 101 Å². The molecule has 0 radical (unpaired) electrons. The summed E-state index contributed by atoms with van der Waals surface area (Å²) in [5.41, 5.74) is 5.45. The number of furan rings is 2. The fourth-order valence-corrected chi connectivity index (χ4v) is 6.02. The second-order valence-corrected chi connectivity index (χ2v) is 11.2. The quantitative estimate of drug-likeness (QED) is 0.179. The molecule has 0 aliphatic rings. The van der Waals surface area contributed by atoms with E-state index in [0.29, 0.717) is 11.8 Å². The molecule has 0 aliphatic heterocycles. The third-order valence-corrected chi connectivity index (χ3v) is 8.25. The van der Waals surface area contributed by atoms with Gasteiger partial charge in [-0.05, 0) is 34.4 Å². The summed E-state index contributed by atoms with van der Waals surface area (Å²) < 4.78 is 20.7. The van der Waals surface area contributed by atoms with Gasteiger partial charge in [-0.1, -0.05) is 66.1 Å². The molecule has 8 heterocycles. The van der Waals surface area contributed by atoms with Gasteiger partial charge in [0.05, 0.1) is 19.6 Å². The maximum atomic E-state index is 5.75. The average Bonchev–Trinajstić information content (AvgIpc) is 3.91. The van der Waals surface area contributed by atoms with E-state index in [0.717, 1.165) is 66.4 Å². The Morgan fingerprint density at radius 3 is 1.92 bits per heavy atom. The minimum absolute atomic E-state index is 0. The van der Waals surface area contributed by atoms with Crippen molar-refractivity contribution in [3.05, 3.63) is 111 Å². The van der Waals surface area contributed by atoms with Crippen LogP contribution in [-0.4, -0.2) is 33.2 Å². The van der Waals surface area contributed by atoms with Gasteiger partial charge in [-0.25, -0.2) is 4.98 Å². The first-order chi connectivity index (χ1) is 23.0. The fraction of sp³-hybridized carbons (Fsp3) is 0.0857. The van der Waals surface area contributed by atoms with Crippen molar-refractivity contribution in [2.24, 2.45) is 21.1 Å². The SMILES string of the molecule is Cn1c[c-]nc1-c1cccc2c1[n-]c1c(-n3[c-][n+](C)cc3)occ12.Cn1ccnc1-c1cccc2c1[n-]c1c(-n3[c-]ncc3)occ12.[Pt+2].[Pt]. The van der Waals surface area contributed by atoms with Gasteiger partial charge < -0.3 is 47.0 Å². The van der Waals surface area contributed by atoms with Gasteiger partial charge in [0.15, 0.2) is 5.88 Å². The van der Waals surface area contributed by atoms with Crippen LogP contribution >= 0.6 is 0 Å². The number of benzene rings is 2. The Kier molecular flexibility index (Phi) is 8.38. The number of hydrogen-bond donors (Lipinski definition) is 0. The second-order valence-electron chi connectivity index (χ2n) is 11.2. The molecule has 0 bridgehead atoms. The molecule has 0 spiro atoms. The van der Waals surface area contributed by atoms with Gasteiger partial charge in [-0.3, -0.25) is 4.57 Å². The normalized spacial score (nSPS) is 11.2. The number of nitrogens with zero attached hydrogens (tertiary/aromatic N) is 10. The molecule has 0 aliphatic carbocycles. The number of aryl methyl sites for hydroxylation is 3. The smallest absolute Gasteiger partial charge is 0.660 e. The van der Waals surface area contributed by atoms with Crippen LogP contribution in [0.25, 0.3) is 78.2 Å². The van der Waals surface area contributed by atoms with Crippen molar-refractivity contribution in [3.8, 4) is 34.5 Å². The van der Waals surface area contributed by atoms with E-state index in [9.17, 15) is 0 Å². The van der Waals surface area contributed by atoms with E-state index in [1.165, 1.54) is 0 Å². The van der Waals surface area contributed by atoms with Gasteiger partial charge in [0.1, 0.15) is 11.7 Å². The molecule has 2 aromatic carbocycles. The molecule has 49 heavy (non-hydrogen) atoms. The molecule has 0 atom stereocenters. The Labute approximate surface area is 307 Å². The number of hydrogen-bond acceptors (Lipinski definition) is 5. The van der Waals surface area contributed by atoms with E-state index < -0.39 is 0 Å². The van der Waals surface area contributed by atoms with Crippen molar-refractivity contribution in [3.63, 3.8) is 0 Å². The standard InChI is InChI=1S/C18H13N5O.C17H11N5O.2Pt/c1-21-8-9-23(11-21)18-16-14(10-24-18)12-4-3-5-13(15(12)20-16)17-19-6-7-22(17)2;1-21-7-6-19-16(21)12-4-2-3-11-13-9-23-17(15(13)20-14(11)12)22-8-5-18-10-22;;/h3-5,7-10H,1-2H3;2-9H,1H3;;/q2*-2;;+2. The zero-order chi connectivity index (χ0) is 31.6. The summed E-state index contributed by atoms with van der Waals surface area (Å²) in [6, 6.07) is 12.2. The number of fused-ring (bicyclic) bond motifs is 6. The van der Waals surface area contributed by atoms with Crippen LogP contribution < -0.4 is 14.5 Å². The third-order valence-electron chi connectivity index (χ3n) is 8.25. The zero-order valence-corrected chi connectivity index (χ0v) is 30.6. The molecule has 248 valence electrons. The molecule has 12 nitrogen and oxygen atoms in total. The molecule has 0 N–H and O–H groups in total. The molecule has 0 amide bonds. The van der Waals surface area contributed by atoms with Crippen LogP contribution in [0.5, 0.6) is 0 Å². The van der Waals surface area contributed by atoms with Gasteiger partial charge in [0.25, 0.3) is 0 Å². The number of imidazole rings is 4. The van der Waals surface area contributed by atoms with Gasteiger partial charge >= 0.3 is 21.1 Å². The average molecular weight is 1010 g/mol. The minimum Gasteiger partial charge on any atom is -0.660 e. The van der Waals surface area contributed by atoms with Crippen LogP contribution in [-0.2, 0) is 63.3 Å². The van der Waals surface area contributed by atoms with E-state index >= 15 is 0 Å². The summed E-state index contributed by atoms with van der Waals surface area (Å²) in [4.78, 5) is 22.4. The summed E-state index contributed by atoms with van der Waals surface area (Å²) in [5, 5.41) is 4.07. The van der Waals surface area contributed by atoms with Crippen molar-refractivity contribution in [2.75, 3.05) is 0 Å². The molecule has 0 saturated heterocycles. The molecular formula is C35H24N10O2Pt2-2. The Hall–Kier alpha value is -5.18. The molecule has 10 rings (SSSR count). The Balaban J connectivity index is 0.000000148.